The molecule has 3 nitrogen and oxygen atoms in total. The highest BCUT2D eigenvalue weighted by Crippen LogP contribution is 2.45. The fraction of sp³-hybridized carbons (Fsp3) is 0.244. The average Bonchev–Trinajstić information content (AvgIpc) is 3.47. The lowest BCUT2D eigenvalue weighted by molar-refractivity contribution is -0.717. The van der Waals surface area contributed by atoms with E-state index in [0.29, 0.717) is 11.8 Å². The normalized spacial score (nSPS) is 18.7. The van der Waals surface area contributed by atoms with Crippen LogP contribution in [-0.4, -0.2) is 13.8 Å². The molecule has 2 aliphatic heterocycles. The Balaban J connectivity index is 1.29. The number of furan rings is 1. The fourth-order valence-electron chi connectivity index (χ4n) is 8.37. The Labute approximate surface area is 291 Å². The van der Waals surface area contributed by atoms with Gasteiger partial charge < -0.3 is 4.42 Å². The van der Waals surface area contributed by atoms with Gasteiger partial charge in [-0.2, -0.15) is 4.57 Å². The van der Waals surface area contributed by atoms with Crippen LogP contribution in [0.2, 0.25) is 19.6 Å². The number of aromatic nitrogens is 1. The third-order valence-electron chi connectivity index (χ3n) is 10.8. The number of aliphatic imine (C=N–C) groups is 1. The van der Waals surface area contributed by atoms with Crippen LogP contribution in [0, 0.1) is 0 Å². The molecule has 8 rings (SSSR count). The molecule has 2 atom stereocenters. The van der Waals surface area contributed by atoms with Gasteiger partial charge in [0.25, 0.3) is 0 Å². The van der Waals surface area contributed by atoms with Gasteiger partial charge >= 0.3 is 0 Å². The smallest absolute Gasteiger partial charge is 0.213 e. The molecule has 0 aliphatic carbocycles. The summed E-state index contributed by atoms with van der Waals surface area (Å²) in [6.07, 6.45) is 7.11. The Morgan fingerprint density at radius 1 is 0.898 bits per heavy atom. The van der Waals surface area contributed by atoms with Crippen molar-refractivity contribution in [3.05, 3.63) is 144 Å². The van der Waals surface area contributed by atoms with Crippen LogP contribution in [0.3, 0.4) is 0 Å². The van der Waals surface area contributed by atoms with Crippen molar-refractivity contribution in [1.82, 2.24) is 0 Å². The summed E-state index contributed by atoms with van der Waals surface area (Å²) in [6.45, 7) is 20.9. The van der Waals surface area contributed by atoms with E-state index in [9.17, 15) is 0 Å². The number of hydrogen-bond acceptors (Lipinski definition) is 2. The summed E-state index contributed by atoms with van der Waals surface area (Å²) in [5.74, 6) is 0.783. The minimum absolute atomic E-state index is 0.219. The zero-order chi connectivity index (χ0) is 34.0. The number of hydrogen-bond donors (Lipinski definition) is 0. The second kappa shape index (κ2) is 12.0. The van der Waals surface area contributed by atoms with E-state index in [1.807, 2.05) is 6.08 Å². The second-order valence-electron chi connectivity index (χ2n) is 15.3. The molecule has 4 heterocycles. The molecule has 49 heavy (non-hydrogen) atoms. The van der Waals surface area contributed by atoms with Crippen LogP contribution < -0.4 is 9.75 Å². The quantitative estimate of drug-likeness (QED) is 0.137. The lowest BCUT2D eigenvalue weighted by atomic mass is 9.77. The molecule has 2 unspecified atom stereocenters. The van der Waals surface area contributed by atoms with Crippen molar-refractivity contribution in [2.45, 2.75) is 70.6 Å². The van der Waals surface area contributed by atoms with E-state index in [-0.39, 0.29) is 6.04 Å². The van der Waals surface area contributed by atoms with Crippen molar-refractivity contribution in [3.8, 4) is 22.4 Å². The van der Waals surface area contributed by atoms with E-state index in [1.165, 1.54) is 39.1 Å². The van der Waals surface area contributed by atoms with Crippen LogP contribution in [0.1, 0.15) is 66.8 Å². The van der Waals surface area contributed by atoms with Crippen LogP contribution >= 0.6 is 0 Å². The van der Waals surface area contributed by atoms with Gasteiger partial charge in [0.2, 0.25) is 5.69 Å². The maximum Gasteiger partial charge on any atom is 0.213 e. The first-order valence-corrected chi connectivity index (χ1v) is 21.2. The largest absolute Gasteiger partial charge is 0.455 e. The summed E-state index contributed by atoms with van der Waals surface area (Å²) in [4.78, 5) is 5.26. The summed E-state index contributed by atoms with van der Waals surface area (Å²) < 4.78 is 9.31. The molecule has 2 aromatic heterocycles. The van der Waals surface area contributed by atoms with Gasteiger partial charge in [-0.25, -0.2) is 0 Å². The van der Waals surface area contributed by atoms with Crippen molar-refractivity contribution in [1.29, 1.82) is 0 Å². The first-order chi connectivity index (χ1) is 23.6. The molecule has 0 saturated carbocycles. The molecule has 244 valence electrons. The van der Waals surface area contributed by atoms with Gasteiger partial charge in [0.05, 0.1) is 20.2 Å². The van der Waals surface area contributed by atoms with Gasteiger partial charge in [-0.05, 0) is 70.9 Å². The molecule has 4 heteroatoms. The summed E-state index contributed by atoms with van der Waals surface area (Å²) in [5, 5.41) is 3.77. The van der Waals surface area contributed by atoms with Crippen molar-refractivity contribution < 1.29 is 8.98 Å². The van der Waals surface area contributed by atoms with Gasteiger partial charge in [-0.15, -0.1) is 0 Å². The summed E-state index contributed by atoms with van der Waals surface area (Å²) in [7, 11) is -1.63. The molecular weight excluding hydrogens is 613 g/mol. The second-order valence-corrected chi connectivity index (χ2v) is 20.3. The molecule has 6 aromatic rings. The van der Waals surface area contributed by atoms with Crippen LogP contribution in [-0.2, 0) is 6.42 Å². The number of benzene rings is 4. The molecule has 4 aromatic carbocycles. The monoisotopic (exact) mass is 657 g/mol. The molecule has 0 radical (unpaired) electrons. The number of aryl methyl sites for hydroxylation is 1. The highest BCUT2D eigenvalue weighted by atomic mass is 28.3. The Kier molecular flexibility index (Phi) is 7.68. The van der Waals surface area contributed by atoms with E-state index in [2.05, 4.69) is 148 Å². The fourth-order valence-corrected chi connectivity index (χ4v) is 10.1. The zero-order valence-electron chi connectivity index (χ0n) is 29.4. The molecule has 0 fully saturated rings. The minimum atomic E-state index is -1.63. The predicted molar refractivity (Wildman–Crippen MR) is 209 cm³/mol. The number of nitrogens with zero attached hydrogens (tertiary/aromatic N) is 2. The van der Waals surface area contributed by atoms with E-state index in [1.54, 1.807) is 5.19 Å². The summed E-state index contributed by atoms with van der Waals surface area (Å²) >= 11 is 0. The Hall–Kier alpha value is -4.80. The average molecular weight is 658 g/mol. The highest BCUT2D eigenvalue weighted by molar-refractivity contribution is 6.89. The van der Waals surface area contributed by atoms with Gasteiger partial charge in [0, 0.05) is 44.8 Å². The van der Waals surface area contributed by atoms with Crippen LogP contribution in [0.25, 0.3) is 44.3 Å². The topological polar surface area (TPSA) is 29.4 Å². The third kappa shape index (κ3) is 5.34. The Bertz CT molecular complexity index is 2320. The first-order valence-electron chi connectivity index (χ1n) is 17.7. The van der Waals surface area contributed by atoms with Crippen molar-refractivity contribution >= 4 is 40.9 Å². The first kappa shape index (κ1) is 31.5. The van der Waals surface area contributed by atoms with E-state index in [4.69, 9.17) is 9.41 Å². The van der Waals surface area contributed by atoms with E-state index in [0.717, 1.165) is 58.2 Å². The minimum Gasteiger partial charge on any atom is -0.455 e. The predicted octanol–water partition coefficient (Wildman–Crippen LogP) is 11.0. The molecular formula is C45H45N2OSi+. The van der Waals surface area contributed by atoms with Gasteiger partial charge in [0.1, 0.15) is 11.2 Å². The van der Waals surface area contributed by atoms with Crippen molar-refractivity contribution in [3.63, 3.8) is 0 Å². The lowest BCUT2D eigenvalue weighted by Crippen LogP contribution is -2.54. The number of rotatable bonds is 4. The van der Waals surface area contributed by atoms with Gasteiger partial charge in [-0.3, -0.25) is 4.99 Å². The summed E-state index contributed by atoms with van der Waals surface area (Å²) in [6, 6.07) is 33.4. The van der Waals surface area contributed by atoms with Crippen LogP contribution in [0.15, 0.2) is 132 Å². The van der Waals surface area contributed by atoms with E-state index < -0.39 is 8.07 Å². The lowest BCUT2D eigenvalue weighted by Gasteiger charge is -2.33. The van der Waals surface area contributed by atoms with Gasteiger partial charge in [-0.1, -0.05) is 113 Å². The maximum atomic E-state index is 6.70. The van der Waals surface area contributed by atoms with Crippen LogP contribution in [0.5, 0.6) is 0 Å². The van der Waals surface area contributed by atoms with Crippen LogP contribution in [0.4, 0.5) is 0 Å². The molecule has 2 aliphatic rings. The van der Waals surface area contributed by atoms with Gasteiger partial charge in [0.15, 0.2) is 12.2 Å². The number of fused-ring (bicyclic) bond motifs is 11. The third-order valence-corrected chi connectivity index (χ3v) is 12.8. The van der Waals surface area contributed by atoms with Crippen molar-refractivity contribution in [2.75, 3.05) is 0 Å². The molecule has 0 amide bonds. The summed E-state index contributed by atoms with van der Waals surface area (Å²) in [5.41, 5.74) is 13.7. The number of pyridine rings is 1. The molecule has 0 N–H and O–H groups in total. The standard InChI is InChI=1S/C45H45N2OSi/c1-8-39-44-31(19-22-36-38-25-32(30-14-10-9-11-15-30)20-23-42(38)48-45(36)44)18-21-35-33-16-12-13-17-34(33)41-26-37(28(2)3)43(49(5,6)7)27-47(41)40(35)24-29(4)46-39/h8-17,19-20,22-23,25-28,35,40H,1,4,18,21,24H2,2-3,5-7H3/q+1/b46-39-. The molecule has 0 saturated heterocycles. The Morgan fingerprint density at radius 3 is 2.43 bits per heavy atom. The highest BCUT2D eigenvalue weighted by Gasteiger charge is 2.42. The zero-order valence-corrected chi connectivity index (χ0v) is 30.4. The Morgan fingerprint density at radius 2 is 1.67 bits per heavy atom. The van der Waals surface area contributed by atoms with Crippen molar-refractivity contribution in [2.24, 2.45) is 4.99 Å². The van der Waals surface area contributed by atoms with E-state index >= 15 is 0 Å². The number of allylic oxidation sites excluding steroid dienone is 2. The SMILES string of the molecule is C=C/C1=N/C(=C)CC2C(CCc3ccc4c(oc5ccc(-c6ccccc6)cc54)c31)c1ccccc1-c1cc(C(C)C)c([Si](C)(C)C)c[n+]12. The molecule has 0 spiro atoms. The molecule has 0 bridgehead atoms. The maximum absolute atomic E-state index is 6.70.